The molecule has 1 amide bonds. The summed E-state index contributed by atoms with van der Waals surface area (Å²) in [5.41, 5.74) is 6.32. The van der Waals surface area contributed by atoms with Gasteiger partial charge < -0.3 is 21.1 Å². The van der Waals surface area contributed by atoms with E-state index in [0.29, 0.717) is 24.6 Å². The molecule has 0 aliphatic carbocycles. The monoisotopic (exact) mass is 295 g/mol. The van der Waals surface area contributed by atoms with Crippen LogP contribution in [0, 0.1) is 11.7 Å². The molecule has 1 aliphatic heterocycles. The van der Waals surface area contributed by atoms with Crippen molar-refractivity contribution in [3.63, 3.8) is 0 Å². The number of piperidine rings is 1. The normalized spacial score (nSPS) is 16.9. The minimum Gasteiger partial charge on any atom is -0.397 e. The maximum Gasteiger partial charge on any atom is 0.225 e. The number of halogens is 1. The first-order valence-corrected chi connectivity index (χ1v) is 7.26. The second kappa shape index (κ2) is 7.38. The summed E-state index contributed by atoms with van der Waals surface area (Å²) in [5.74, 6) is -0.149. The Balaban J connectivity index is 1.75. The van der Waals surface area contributed by atoms with Crippen LogP contribution in [0.4, 0.5) is 15.8 Å². The Labute approximate surface area is 123 Å². The van der Waals surface area contributed by atoms with Gasteiger partial charge >= 0.3 is 0 Å². The summed E-state index contributed by atoms with van der Waals surface area (Å²) in [6.07, 6.45) is 2.33. The lowest BCUT2D eigenvalue weighted by atomic mass is 9.98. The molecule has 1 saturated heterocycles. The number of anilines is 2. The summed E-state index contributed by atoms with van der Waals surface area (Å²) in [6.45, 7) is 2.76. The fourth-order valence-electron chi connectivity index (χ4n) is 2.51. The first-order chi connectivity index (χ1) is 10.1. The van der Waals surface area contributed by atoms with Crippen LogP contribution < -0.4 is 11.1 Å². The summed E-state index contributed by atoms with van der Waals surface area (Å²) in [5, 5.41) is 11.8. The van der Waals surface area contributed by atoms with Crippen LogP contribution in [0.3, 0.4) is 0 Å². The lowest BCUT2D eigenvalue weighted by Gasteiger charge is -2.30. The standard InChI is InChI=1S/C15H22FN3O2/c16-12-1-2-14(13(17)9-12)18-15(21)5-8-19-6-3-11(10-20)4-7-19/h1-2,9,11,20H,3-8,10,17H2,(H,18,21). The van der Waals surface area contributed by atoms with E-state index >= 15 is 0 Å². The van der Waals surface area contributed by atoms with Crippen LogP contribution in [0.25, 0.3) is 0 Å². The average Bonchev–Trinajstić information content (AvgIpc) is 2.48. The number of benzene rings is 1. The molecule has 1 fully saturated rings. The molecular formula is C15H22FN3O2. The first-order valence-electron chi connectivity index (χ1n) is 7.26. The second-order valence-electron chi connectivity index (χ2n) is 5.50. The van der Waals surface area contributed by atoms with Gasteiger partial charge in [0, 0.05) is 19.6 Å². The van der Waals surface area contributed by atoms with Crippen molar-refractivity contribution in [2.24, 2.45) is 5.92 Å². The number of aliphatic hydroxyl groups excluding tert-OH is 1. The lowest BCUT2D eigenvalue weighted by Crippen LogP contribution is -2.36. The van der Waals surface area contributed by atoms with Gasteiger partial charge in [0.2, 0.25) is 5.91 Å². The fourth-order valence-corrected chi connectivity index (χ4v) is 2.51. The average molecular weight is 295 g/mol. The third-order valence-corrected chi connectivity index (χ3v) is 3.91. The molecule has 0 saturated carbocycles. The van der Waals surface area contributed by atoms with Crippen molar-refractivity contribution in [2.45, 2.75) is 19.3 Å². The largest absolute Gasteiger partial charge is 0.397 e. The van der Waals surface area contributed by atoms with E-state index in [2.05, 4.69) is 10.2 Å². The van der Waals surface area contributed by atoms with Crippen molar-refractivity contribution in [3.05, 3.63) is 24.0 Å². The van der Waals surface area contributed by atoms with Gasteiger partial charge in [0.05, 0.1) is 11.4 Å². The summed E-state index contributed by atoms with van der Waals surface area (Å²) >= 11 is 0. The number of nitrogens with two attached hydrogens (primary N) is 1. The third-order valence-electron chi connectivity index (χ3n) is 3.91. The molecule has 0 radical (unpaired) electrons. The topological polar surface area (TPSA) is 78.6 Å². The number of likely N-dealkylation sites (tertiary alicyclic amines) is 1. The number of nitrogens with zero attached hydrogens (tertiary/aromatic N) is 1. The minimum absolute atomic E-state index is 0.127. The van der Waals surface area contributed by atoms with Crippen molar-refractivity contribution in [3.8, 4) is 0 Å². The zero-order valence-electron chi connectivity index (χ0n) is 12.0. The van der Waals surface area contributed by atoms with E-state index in [4.69, 9.17) is 10.8 Å². The van der Waals surface area contributed by atoms with Crippen LogP contribution >= 0.6 is 0 Å². The highest BCUT2D eigenvalue weighted by Crippen LogP contribution is 2.20. The number of amides is 1. The van der Waals surface area contributed by atoms with Crippen molar-refractivity contribution < 1.29 is 14.3 Å². The van der Waals surface area contributed by atoms with E-state index < -0.39 is 5.82 Å². The molecule has 6 heteroatoms. The highest BCUT2D eigenvalue weighted by Gasteiger charge is 2.18. The quantitative estimate of drug-likeness (QED) is 0.718. The van der Waals surface area contributed by atoms with E-state index in [9.17, 15) is 9.18 Å². The van der Waals surface area contributed by atoms with Crippen molar-refractivity contribution in [2.75, 3.05) is 37.3 Å². The Morgan fingerprint density at radius 1 is 1.43 bits per heavy atom. The Morgan fingerprint density at radius 2 is 2.14 bits per heavy atom. The van der Waals surface area contributed by atoms with E-state index in [1.165, 1.54) is 18.2 Å². The van der Waals surface area contributed by atoms with Crippen molar-refractivity contribution >= 4 is 17.3 Å². The van der Waals surface area contributed by atoms with Crippen molar-refractivity contribution in [1.82, 2.24) is 4.90 Å². The van der Waals surface area contributed by atoms with E-state index in [1.807, 2.05) is 0 Å². The molecule has 1 aromatic carbocycles. The van der Waals surface area contributed by atoms with Crippen LogP contribution in [0.5, 0.6) is 0 Å². The molecular weight excluding hydrogens is 273 g/mol. The highest BCUT2D eigenvalue weighted by molar-refractivity contribution is 5.93. The molecule has 1 heterocycles. The van der Waals surface area contributed by atoms with Gasteiger partial charge in [-0.1, -0.05) is 0 Å². The third kappa shape index (κ3) is 4.68. The molecule has 0 unspecified atom stereocenters. The van der Waals surface area contributed by atoms with Crippen LogP contribution in [0.2, 0.25) is 0 Å². The van der Waals surface area contributed by atoms with Crippen LogP contribution in [-0.2, 0) is 4.79 Å². The van der Waals surface area contributed by atoms with Gasteiger partial charge in [-0.15, -0.1) is 0 Å². The molecule has 5 nitrogen and oxygen atoms in total. The highest BCUT2D eigenvalue weighted by atomic mass is 19.1. The van der Waals surface area contributed by atoms with Gasteiger partial charge in [0.1, 0.15) is 5.82 Å². The van der Waals surface area contributed by atoms with Gasteiger partial charge in [-0.25, -0.2) is 4.39 Å². The number of aliphatic hydroxyl groups is 1. The van der Waals surface area contributed by atoms with E-state index in [1.54, 1.807) is 0 Å². The summed E-state index contributed by atoms with van der Waals surface area (Å²) in [7, 11) is 0. The predicted octanol–water partition coefficient (Wildman–Crippen LogP) is 1.44. The van der Waals surface area contributed by atoms with Gasteiger partial charge in [-0.3, -0.25) is 4.79 Å². The Hall–Kier alpha value is -1.66. The SMILES string of the molecule is Nc1cc(F)ccc1NC(=O)CCN1CCC(CO)CC1. The fraction of sp³-hybridized carbons (Fsp3) is 0.533. The smallest absolute Gasteiger partial charge is 0.225 e. The number of carbonyl (C=O) groups is 1. The van der Waals surface area contributed by atoms with E-state index in [0.717, 1.165) is 25.9 Å². The molecule has 4 N–H and O–H groups in total. The first kappa shape index (κ1) is 15.7. The minimum atomic E-state index is -0.419. The molecule has 0 atom stereocenters. The molecule has 1 aromatic rings. The second-order valence-corrected chi connectivity index (χ2v) is 5.50. The molecule has 0 aromatic heterocycles. The number of rotatable bonds is 5. The number of hydrogen-bond donors (Lipinski definition) is 3. The molecule has 0 bridgehead atoms. The zero-order valence-corrected chi connectivity index (χ0v) is 12.0. The summed E-state index contributed by atoms with van der Waals surface area (Å²) in [6, 6.07) is 3.93. The Kier molecular flexibility index (Phi) is 5.52. The number of hydrogen-bond acceptors (Lipinski definition) is 4. The van der Waals surface area contributed by atoms with Crippen LogP contribution in [0.1, 0.15) is 19.3 Å². The van der Waals surface area contributed by atoms with Crippen LogP contribution in [-0.4, -0.2) is 42.2 Å². The summed E-state index contributed by atoms with van der Waals surface area (Å²) < 4.78 is 12.9. The Bertz CT molecular complexity index is 488. The molecule has 116 valence electrons. The van der Waals surface area contributed by atoms with Crippen molar-refractivity contribution in [1.29, 1.82) is 0 Å². The Morgan fingerprint density at radius 3 is 2.76 bits per heavy atom. The van der Waals surface area contributed by atoms with Gasteiger partial charge in [-0.05, 0) is 50.0 Å². The molecule has 21 heavy (non-hydrogen) atoms. The molecule has 1 aliphatic rings. The number of carbonyl (C=O) groups excluding carboxylic acids is 1. The number of nitrogens with one attached hydrogen (secondary N) is 1. The van der Waals surface area contributed by atoms with Crippen LogP contribution in [0.15, 0.2) is 18.2 Å². The zero-order chi connectivity index (χ0) is 15.2. The summed E-state index contributed by atoms with van der Waals surface area (Å²) in [4.78, 5) is 14.1. The molecule has 2 rings (SSSR count). The van der Waals surface area contributed by atoms with Gasteiger partial charge in [-0.2, -0.15) is 0 Å². The van der Waals surface area contributed by atoms with Gasteiger partial charge in [0.25, 0.3) is 0 Å². The number of nitrogen functional groups attached to an aromatic ring is 1. The maximum absolute atomic E-state index is 12.9. The predicted molar refractivity (Wildman–Crippen MR) is 80.3 cm³/mol. The maximum atomic E-state index is 12.9. The molecule has 0 spiro atoms. The lowest BCUT2D eigenvalue weighted by molar-refractivity contribution is -0.116. The van der Waals surface area contributed by atoms with Gasteiger partial charge in [0.15, 0.2) is 0 Å². The van der Waals surface area contributed by atoms with E-state index in [-0.39, 0.29) is 18.2 Å².